The fourth-order valence-electron chi connectivity index (χ4n) is 2.54. The van der Waals surface area contributed by atoms with Crippen LogP contribution in [0.25, 0.3) is 0 Å². The first-order valence-electron chi connectivity index (χ1n) is 6.25. The van der Waals surface area contributed by atoms with Gasteiger partial charge in [-0.1, -0.05) is 0 Å². The van der Waals surface area contributed by atoms with Crippen molar-refractivity contribution >= 4 is 0 Å². The van der Waals surface area contributed by atoms with Gasteiger partial charge in [-0.3, -0.25) is 4.79 Å². The van der Waals surface area contributed by atoms with Crippen molar-refractivity contribution in [2.24, 2.45) is 0 Å². The molecule has 0 saturated carbocycles. The smallest absolute Gasteiger partial charge is 0.256 e. The minimum absolute atomic E-state index is 0.0183. The first kappa shape index (κ1) is 10.9. The number of fused-ring (bicyclic) bond motifs is 1. The van der Waals surface area contributed by atoms with E-state index in [-0.39, 0.29) is 5.56 Å². The predicted octanol–water partition coefficient (Wildman–Crippen LogP) is 0.310. The van der Waals surface area contributed by atoms with Crippen molar-refractivity contribution in [1.29, 1.82) is 0 Å². The summed E-state index contributed by atoms with van der Waals surface area (Å²) < 4.78 is 5.29. The van der Waals surface area contributed by atoms with E-state index in [0.717, 1.165) is 43.9 Å². The number of H-pyrrole nitrogens is 1. The lowest BCUT2D eigenvalue weighted by Crippen LogP contribution is -2.32. The molecule has 2 aliphatic rings. The van der Waals surface area contributed by atoms with E-state index in [1.165, 1.54) is 0 Å². The Bertz CT molecular complexity index is 463. The van der Waals surface area contributed by atoms with Crippen LogP contribution in [0.4, 0.5) is 0 Å². The monoisotopic (exact) mass is 235 g/mol. The Kier molecular flexibility index (Phi) is 2.94. The topological polar surface area (TPSA) is 67.0 Å². The fourth-order valence-corrected chi connectivity index (χ4v) is 2.54. The van der Waals surface area contributed by atoms with Crippen LogP contribution in [0.5, 0.6) is 0 Å². The van der Waals surface area contributed by atoms with Gasteiger partial charge in [-0.25, -0.2) is 4.98 Å². The number of nitrogens with one attached hydrogen (secondary N) is 2. The van der Waals surface area contributed by atoms with Gasteiger partial charge in [0.15, 0.2) is 0 Å². The lowest BCUT2D eigenvalue weighted by molar-refractivity contribution is 0.107. The highest BCUT2D eigenvalue weighted by molar-refractivity contribution is 5.20. The van der Waals surface area contributed by atoms with Gasteiger partial charge in [-0.2, -0.15) is 0 Å². The second kappa shape index (κ2) is 4.58. The summed E-state index contributed by atoms with van der Waals surface area (Å²) in [4.78, 5) is 19.5. The molecule has 0 aliphatic carbocycles. The minimum atomic E-state index is -0.0183. The van der Waals surface area contributed by atoms with Gasteiger partial charge in [-0.05, 0) is 19.4 Å². The average molecular weight is 235 g/mol. The molecule has 1 aromatic heterocycles. The van der Waals surface area contributed by atoms with Crippen LogP contribution in [0.15, 0.2) is 4.79 Å². The van der Waals surface area contributed by atoms with Crippen molar-refractivity contribution in [3.05, 3.63) is 27.4 Å². The van der Waals surface area contributed by atoms with Crippen LogP contribution >= 0.6 is 0 Å². The van der Waals surface area contributed by atoms with Gasteiger partial charge in [0.2, 0.25) is 0 Å². The Morgan fingerprint density at radius 2 is 2.35 bits per heavy atom. The molecular formula is C12H17N3O2. The molecule has 5 heteroatoms. The van der Waals surface area contributed by atoms with Crippen LogP contribution in [0, 0.1) is 0 Å². The maximum atomic E-state index is 11.9. The number of piperidine rings is 1. The Balaban J connectivity index is 1.95. The number of nitrogens with zero attached hydrogens (tertiary/aromatic N) is 1. The summed E-state index contributed by atoms with van der Waals surface area (Å²) in [6, 6.07) is 0. The number of hydrogen-bond donors (Lipinski definition) is 2. The van der Waals surface area contributed by atoms with E-state index in [4.69, 9.17) is 4.74 Å². The molecule has 1 atom stereocenters. The summed E-state index contributed by atoms with van der Waals surface area (Å²) in [6.45, 7) is 3.06. The third-order valence-corrected chi connectivity index (χ3v) is 3.53. The number of aromatic amines is 1. The third-order valence-electron chi connectivity index (χ3n) is 3.53. The molecule has 2 aliphatic heterocycles. The van der Waals surface area contributed by atoms with E-state index < -0.39 is 0 Å². The summed E-state index contributed by atoms with van der Waals surface area (Å²) >= 11 is 0. The molecule has 0 radical (unpaired) electrons. The molecule has 0 bridgehead atoms. The predicted molar refractivity (Wildman–Crippen MR) is 63.1 cm³/mol. The molecule has 0 spiro atoms. The van der Waals surface area contributed by atoms with Crippen LogP contribution in [-0.2, 0) is 17.8 Å². The standard InChI is InChI=1S/C12H17N3O2/c16-12-9-7-17-5-3-10(9)14-11(15-12)8-2-1-4-13-6-8/h8,13H,1-7H2,(H,14,15,16). The number of aromatic nitrogens is 2. The zero-order valence-electron chi connectivity index (χ0n) is 9.79. The van der Waals surface area contributed by atoms with E-state index >= 15 is 0 Å². The van der Waals surface area contributed by atoms with Gasteiger partial charge >= 0.3 is 0 Å². The zero-order valence-corrected chi connectivity index (χ0v) is 9.79. The average Bonchev–Trinajstić information content (AvgIpc) is 2.40. The van der Waals surface area contributed by atoms with Crippen LogP contribution in [0.1, 0.15) is 35.8 Å². The quantitative estimate of drug-likeness (QED) is 0.735. The SMILES string of the molecule is O=c1[nH]c(C2CCCNC2)nc2c1COCC2. The van der Waals surface area contributed by atoms with Crippen molar-refractivity contribution in [3.63, 3.8) is 0 Å². The third kappa shape index (κ3) is 2.12. The summed E-state index contributed by atoms with van der Waals surface area (Å²) in [5.41, 5.74) is 1.62. The number of ether oxygens (including phenoxy) is 1. The van der Waals surface area contributed by atoms with Crippen molar-refractivity contribution < 1.29 is 4.74 Å². The maximum absolute atomic E-state index is 11.9. The maximum Gasteiger partial charge on any atom is 0.256 e. The highest BCUT2D eigenvalue weighted by Gasteiger charge is 2.21. The molecule has 0 aromatic carbocycles. The normalized spacial score (nSPS) is 24.4. The van der Waals surface area contributed by atoms with E-state index in [0.29, 0.717) is 24.7 Å². The summed E-state index contributed by atoms with van der Waals surface area (Å²) in [6.07, 6.45) is 3.01. The summed E-state index contributed by atoms with van der Waals surface area (Å²) in [7, 11) is 0. The molecule has 3 heterocycles. The van der Waals surface area contributed by atoms with Crippen LogP contribution in [0.2, 0.25) is 0 Å². The molecule has 1 unspecified atom stereocenters. The molecule has 3 rings (SSSR count). The highest BCUT2D eigenvalue weighted by atomic mass is 16.5. The summed E-state index contributed by atoms with van der Waals surface area (Å²) in [5, 5.41) is 3.35. The molecule has 1 saturated heterocycles. The van der Waals surface area contributed by atoms with Crippen LogP contribution < -0.4 is 10.9 Å². The van der Waals surface area contributed by atoms with E-state index in [9.17, 15) is 4.79 Å². The van der Waals surface area contributed by atoms with Gasteiger partial charge in [0.1, 0.15) is 5.82 Å². The molecule has 0 amide bonds. The van der Waals surface area contributed by atoms with E-state index in [1.54, 1.807) is 0 Å². The van der Waals surface area contributed by atoms with Gasteiger partial charge < -0.3 is 15.0 Å². The van der Waals surface area contributed by atoms with Crippen LogP contribution in [-0.4, -0.2) is 29.7 Å². The molecule has 5 nitrogen and oxygen atoms in total. The van der Waals surface area contributed by atoms with Gasteiger partial charge in [0.25, 0.3) is 5.56 Å². The molecule has 92 valence electrons. The Morgan fingerprint density at radius 3 is 3.18 bits per heavy atom. The van der Waals surface area contributed by atoms with Crippen molar-refractivity contribution in [2.45, 2.75) is 31.8 Å². The molecule has 1 fully saturated rings. The lowest BCUT2D eigenvalue weighted by atomic mass is 9.98. The van der Waals surface area contributed by atoms with E-state index in [1.807, 2.05) is 0 Å². The Morgan fingerprint density at radius 1 is 1.41 bits per heavy atom. The van der Waals surface area contributed by atoms with Gasteiger partial charge in [0, 0.05) is 18.9 Å². The van der Waals surface area contributed by atoms with Gasteiger partial charge in [0.05, 0.1) is 24.5 Å². The second-order valence-electron chi connectivity index (χ2n) is 4.72. The largest absolute Gasteiger partial charge is 0.376 e. The minimum Gasteiger partial charge on any atom is -0.376 e. The first-order chi connectivity index (χ1) is 8.34. The zero-order chi connectivity index (χ0) is 11.7. The Labute approximate surface area is 99.6 Å². The van der Waals surface area contributed by atoms with Crippen molar-refractivity contribution in [3.8, 4) is 0 Å². The Hall–Kier alpha value is -1.20. The second-order valence-corrected chi connectivity index (χ2v) is 4.72. The molecule has 1 aromatic rings. The first-order valence-corrected chi connectivity index (χ1v) is 6.25. The van der Waals surface area contributed by atoms with Crippen molar-refractivity contribution in [2.75, 3.05) is 19.7 Å². The fraction of sp³-hybridized carbons (Fsp3) is 0.667. The number of rotatable bonds is 1. The van der Waals surface area contributed by atoms with Crippen LogP contribution in [0.3, 0.4) is 0 Å². The summed E-state index contributed by atoms with van der Waals surface area (Å²) in [5.74, 6) is 1.20. The molecular weight excluding hydrogens is 218 g/mol. The van der Waals surface area contributed by atoms with Gasteiger partial charge in [-0.15, -0.1) is 0 Å². The van der Waals surface area contributed by atoms with Crippen molar-refractivity contribution in [1.82, 2.24) is 15.3 Å². The number of hydrogen-bond acceptors (Lipinski definition) is 4. The lowest BCUT2D eigenvalue weighted by Gasteiger charge is -2.23. The molecule has 2 N–H and O–H groups in total. The highest BCUT2D eigenvalue weighted by Crippen LogP contribution is 2.20. The molecule has 17 heavy (non-hydrogen) atoms. The van der Waals surface area contributed by atoms with E-state index in [2.05, 4.69) is 15.3 Å².